The monoisotopic (exact) mass is 277 g/mol. The smallest absolute Gasteiger partial charge is 0.389 e. The van der Waals surface area contributed by atoms with Crippen LogP contribution in [0.3, 0.4) is 0 Å². The fourth-order valence-corrected chi connectivity index (χ4v) is 2.44. The summed E-state index contributed by atoms with van der Waals surface area (Å²) >= 11 is -2.60. The molecule has 0 heterocycles. The Labute approximate surface area is 106 Å². The van der Waals surface area contributed by atoms with Gasteiger partial charge in [0.2, 0.25) is 0 Å². The number of halogens is 3. The third kappa shape index (κ3) is 4.67. The van der Waals surface area contributed by atoms with E-state index in [1.54, 1.807) is 6.08 Å². The predicted molar refractivity (Wildman–Crippen MR) is 62.0 cm³/mol. The van der Waals surface area contributed by atoms with E-state index >= 15 is 0 Å². The Morgan fingerprint density at radius 2 is 2.17 bits per heavy atom. The van der Waals surface area contributed by atoms with Crippen molar-refractivity contribution in [3.63, 3.8) is 0 Å². The van der Waals surface area contributed by atoms with Crippen LogP contribution < -0.4 is 0 Å². The van der Waals surface area contributed by atoms with Crippen LogP contribution in [-0.4, -0.2) is 14.9 Å². The van der Waals surface area contributed by atoms with Crippen molar-refractivity contribution in [3.8, 4) is 12.3 Å². The minimum atomic E-state index is -4.35. The van der Waals surface area contributed by atoms with E-state index < -0.39 is 30.1 Å². The minimum Gasteiger partial charge on any atom is -0.769 e. The zero-order valence-electron chi connectivity index (χ0n) is 9.55. The molecule has 0 amide bonds. The lowest BCUT2D eigenvalue weighted by Gasteiger charge is -2.20. The molecule has 2 nitrogen and oxygen atoms in total. The Bertz CT molecular complexity index is 441. The van der Waals surface area contributed by atoms with Gasteiger partial charge in [0.1, 0.15) is 0 Å². The van der Waals surface area contributed by atoms with E-state index in [2.05, 4.69) is 5.92 Å². The normalized spacial score (nSPS) is 20.9. The molecule has 18 heavy (non-hydrogen) atoms. The minimum absolute atomic E-state index is 0.125. The van der Waals surface area contributed by atoms with Crippen molar-refractivity contribution in [1.29, 1.82) is 0 Å². The summed E-state index contributed by atoms with van der Waals surface area (Å²) in [5.74, 6) is 2.45. The van der Waals surface area contributed by atoms with Crippen molar-refractivity contribution in [2.75, 3.05) is 0 Å². The molecule has 1 unspecified atom stereocenters. The molecular formula is C12H12F3O2S-. The maximum Gasteiger partial charge on any atom is 0.389 e. The quantitative estimate of drug-likeness (QED) is 0.587. The van der Waals surface area contributed by atoms with Crippen molar-refractivity contribution >= 4 is 11.1 Å². The van der Waals surface area contributed by atoms with E-state index in [9.17, 15) is 21.9 Å². The highest BCUT2D eigenvalue weighted by Gasteiger charge is 2.27. The molecule has 0 aromatic heterocycles. The highest BCUT2D eigenvalue weighted by molar-refractivity contribution is 7.83. The third-order valence-corrected chi connectivity index (χ3v) is 3.60. The number of rotatable bonds is 3. The second-order valence-electron chi connectivity index (χ2n) is 3.95. The van der Waals surface area contributed by atoms with Gasteiger partial charge in [0.25, 0.3) is 0 Å². The Kier molecular flexibility index (Phi) is 5.17. The van der Waals surface area contributed by atoms with Gasteiger partial charge in [-0.3, -0.25) is 4.21 Å². The number of hydrogen-bond acceptors (Lipinski definition) is 2. The molecule has 0 bridgehead atoms. The molecule has 100 valence electrons. The van der Waals surface area contributed by atoms with Crippen LogP contribution in [0.5, 0.6) is 0 Å². The van der Waals surface area contributed by atoms with Gasteiger partial charge in [0.05, 0.1) is 0 Å². The van der Waals surface area contributed by atoms with Gasteiger partial charge in [0.15, 0.2) is 0 Å². The molecule has 0 saturated carbocycles. The zero-order chi connectivity index (χ0) is 13.8. The van der Waals surface area contributed by atoms with E-state index in [0.29, 0.717) is 24.8 Å². The van der Waals surface area contributed by atoms with E-state index in [1.807, 2.05) is 0 Å². The summed E-state index contributed by atoms with van der Waals surface area (Å²) in [6, 6.07) is 0. The maximum absolute atomic E-state index is 12.1. The van der Waals surface area contributed by atoms with Crippen LogP contribution in [-0.2, 0) is 11.1 Å². The van der Waals surface area contributed by atoms with Crippen LogP contribution in [0.1, 0.15) is 32.1 Å². The van der Waals surface area contributed by atoms with Crippen molar-refractivity contribution in [1.82, 2.24) is 0 Å². The lowest BCUT2D eigenvalue weighted by atomic mass is 9.94. The molecule has 0 saturated heterocycles. The zero-order valence-corrected chi connectivity index (χ0v) is 10.4. The molecule has 1 aliphatic rings. The second-order valence-corrected chi connectivity index (χ2v) is 4.92. The molecule has 0 N–H and O–H groups in total. The second kappa shape index (κ2) is 6.21. The summed E-state index contributed by atoms with van der Waals surface area (Å²) in [5, 5.41) is 0. The molecule has 0 aliphatic heterocycles. The first kappa shape index (κ1) is 15.0. The van der Waals surface area contributed by atoms with Crippen LogP contribution in [0.15, 0.2) is 22.1 Å². The fourth-order valence-electron chi connectivity index (χ4n) is 1.75. The van der Waals surface area contributed by atoms with Crippen LogP contribution in [0, 0.1) is 12.3 Å². The van der Waals surface area contributed by atoms with Gasteiger partial charge in [-0.25, -0.2) is 0 Å². The van der Waals surface area contributed by atoms with E-state index in [4.69, 9.17) is 6.42 Å². The average Bonchev–Trinajstić information content (AvgIpc) is 2.28. The molecule has 0 radical (unpaired) electrons. The molecule has 1 atom stereocenters. The number of alkyl halides is 3. The van der Waals surface area contributed by atoms with Gasteiger partial charge in [-0.05, 0) is 42.3 Å². The first-order chi connectivity index (χ1) is 8.33. The van der Waals surface area contributed by atoms with Gasteiger partial charge in [-0.1, -0.05) is 17.6 Å². The van der Waals surface area contributed by atoms with Crippen molar-refractivity contribution in [2.24, 2.45) is 0 Å². The largest absolute Gasteiger partial charge is 0.769 e. The maximum atomic E-state index is 12.1. The SMILES string of the molecule is C#CC1=CCC(=C(CCC(F)(F)F)S(=O)[O-])CC1. The lowest BCUT2D eigenvalue weighted by molar-refractivity contribution is -0.133. The number of allylic oxidation sites excluding steroid dienone is 4. The Hall–Kier alpha value is -1.06. The van der Waals surface area contributed by atoms with Crippen molar-refractivity contribution in [3.05, 3.63) is 22.1 Å². The van der Waals surface area contributed by atoms with Gasteiger partial charge in [-0.2, -0.15) is 13.2 Å². The van der Waals surface area contributed by atoms with Gasteiger partial charge in [-0.15, -0.1) is 6.42 Å². The Morgan fingerprint density at radius 3 is 2.56 bits per heavy atom. The topological polar surface area (TPSA) is 40.1 Å². The average molecular weight is 277 g/mol. The van der Waals surface area contributed by atoms with E-state index in [-0.39, 0.29) is 4.91 Å². The molecule has 6 heteroatoms. The summed E-state index contributed by atoms with van der Waals surface area (Å²) in [4.78, 5) is -0.125. The number of hydrogen-bond donors (Lipinski definition) is 0. The van der Waals surface area contributed by atoms with Crippen molar-refractivity contribution in [2.45, 2.75) is 38.3 Å². The van der Waals surface area contributed by atoms with Gasteiger partial charge >= 0.3 is 6.18 Å². The standard InChI is InChI=1S/C12H13F3O2S/c1-2-9-3-5-10(6-4-9)11(18(16)17)7-8-12(13,14)15/h1,3H,4-8H2,(H,16,17)/p-1. The summed E-state index contributed by atoms with van der Waals surface area (Å²) in [5.41, 5.74) is 1.30. The number of terminal acetylenes is 1. The molecular weight excluding hydrogens is 265 g/mol. The molecule has 0 fully saturated rings. The van der Waals surface area contributed by atoms with E-state index in [1.165, 1.54) is 0 Å². The van der Waals surface area contributed by atoms with E-state index in [0.717, 1.165) is 5.57 Å². The molecule has 1 rings (SSSR count). The Morgan fingerprint density at radius 1 is 1.50 bits per heavy atom. The predicted octanol–water partition coefficient (Wildman–Crippen LogP) is 3.21. The van der Waals surface area contributed by atoms with Crippen LogP contribution in [0.25, 0.3) is 0 Å². The lowest BCUT2D eigenvalue weighted by Crippen LogP contribution is -2.10. The van der Waals surface area contributed by atoms with Crippen LogP contribution >= 0.6 is 0 Å². The third-order valence-electron chi connectivity index (χ3n) is 2.71. The molecule has 0 spiro atoms. The molecule has 0 aromatic carbocycles. The summed E-state index contributed by atoms with van der Waals surface area (Å²) < 4.78 is 58.3. The highest BCUT2D eigenvalue weighted by Crippen LogP contribution is 2.31. The van der Waals surface area contributed by atoms with Gasteiger partial charge in [0, 0.05) is 11.3 Å². The summed E-state index contributed by atoms with van der Waals surface area (Å²) in [7, 11) is 0. The molecule has 1 aliphatic carbocycles. The Balaban J connectivity index is 2.83. The fraction of sp³-hybridized carbons (Fsp3) is 0.500. The highest BCUT2D eigenvalue weighted by atomic mass is 32.2. The van der Waals surface area contributed by atoms with Gasteiger partial charge < -0.3 is 4.55 Å². The molecule has 0 aromatic rings. The summed E-state index contributed by atoms with van der Waals surface area (Å²) in [6.45, 7) is 0. The van der Waals surface area contributed by atoms with Crippen molar-refractivity contribution < 1.29 is 21.9 Å². The first-order valence-corrected chi connectivity index (χ1v) is 6.43. The van der Waals surface area contributed by atoms with Crippen LogP contribution in [0.4, 0.5) is 13.2 Å². The summed E-state index contributed by atoms with van der Waals surface area (Å²) in [6.07, 6.45) is 2.18. The van der Waals surface area contributed by atoms with Crippen LogP contribution in [0.2, 0.25) is 0 Å². The first-order valence-electron chi connectivity index (χ1n) is 5.36.